The minimum atomic E-state index is -3.34. The fourth-order valence-electron chi connectivity index (χ4n) is 2.40. The standard InChI is InChI=1S/C11H16N5O5PS/c1-19-22(18,23)20-4-6-2-3-7(21-6)16-5-13-8-9(16)14-11(12)15-10(8)17/h5-7H,2-4H2,1H3,(H,18,23)(H3,12,14,15,17)/t6-,7+,22-/m0/s1. The summed E-state index contributed by atoms with van der Waals surface area (Å²) in [5, 5.41) is 0. The highest BCUT2D eigenvalue weighted by molar-refractivity contribution is 8.44. The summed E-state index contributed by atoms with van der Waals surface area (Å²) in [6, 6.07) is 0. The van der Waals surface area contributed by atoms with Crippen LogP contribution >= 0.6 is 19.0 Å². The van der Waals surface area contributed by atoms with Crippen molar-refractivity contribution in [3.05, 3.63) is 16.7 Å². The van der Waals surface area contributed by atoms with Crippen molar-refractivity contribution in [1.82, 2.24) is 19.5 Å². The second-order valence-electron chi connectivity index (χ2n) is 5.01. The van der Waals surface area contributed by atoms with Gasteiger partial charge in [-0.15, -0.1) is 0 Å². The van der Waals surface area contributed by atoms with Crippen molar-refractivity contribution in [2.24, 2.45) is 0 Å². The number of rotatable bonds is 5. The molecule has 1 aliphatic rings. The second kappa shape index (κ2) is 6.25. The first-order chi connectivity index (χ1) is 10.9. The molecule has 10 nitrogen and oxygen atoms in total. The van der Waals surface area contributed by atoms with Gasteiger partial charge in [0.1, 0.15) is 6.23 Å². The first kappa shape index (κ1) is 16.5. The topological polar surface area (TPSA) is 134 Å². The van der Waals surface area contributed by atoms with Crippen LogP contribution in [0.4, 0.5) is 5.95 Å². The molecule has 0 unspecified atom stereocenters. The molecule has 2 aromatic heterocycles. The lowest BCUT2D eigenvalue weighted by molar-refractivity contribution is -0.0170. The molecule has 0 saturated carbocycles. The number of nitrogens with two attached hydrogens (primary N) is 1. The van der Waals surface area contributed by atoms with Crippen molar-refractivity contribution in [3.8, 4) is 0 Å². The van der Waals surface area contributed by atoms with Gasteiger partial charge in [-0.2, -0.15) is 4.98 Å². The van der Waals surface area contributed by atoms with Crippen molar-refractivity contribution >= 4 is 36.2 Å². The Morgan fingerprint density at radius 1 is 1.61 bits per heavy atom. The first-order valence-corrected chi connectivity index (χ1v) is 9.50. The average molecular weight is 361 g/mol. The van der Waals surface area contributed by atoms with E-state index in [-0.39, 0.29) is 30.4 Å². The molecule has 0 amide bonds. The lowest BCUT2D eigenvalue weighted by Crippen LogP contribution is -2.17. The van der Waals surface area contributed by atoms with Crippen LogP contribution < -0.4 is 11.3 Å². The lowest BCUT2D eigenvalue weighted by Gasteiger charge is -2.16. The monoisotopic (exact) mass is 361 g/mol. The van der Waals surface area contributed by atoms with E-state index in [1.807, 2.05) is 0 Å². The lowest BCUT2D eigenvalue weighted by atomic mass is 10.2. The SMILES string of the molecule is CO[P@](=O)(S)OC[C@@H]1CC[C@H](n2cnc3c(=O)[nH]c(N)nc32)O1. The minimum absolute atomic E-state index is 0.0123. The van der Waals surface area contributed by atoms with Crippen molar-refractivity contribution in [2.45, 2.75) is 25.2 Å². The highest BCUT2D eigenvalue weighted by Crippen LogP contribution is 2.52. The van der Waals surface area contributed by atoms with Gasteiger partial charge in [0.15, 0.2) is 11.2 Å². The molecule has 3 atom stereocenters. The van der Waals surface area contributed by atoms with E-state index in [0.29, 0.717) is 18.5 Å². The molecule has 1 saturated heterocycles. The Balaban J connectivity index is 1.75. The molecule has 3 N–H and O–H groups in total. The van der Waals surface area contributed by atoms with Crippen LogP contribution in [0.5, 0.6) is 0 Å². The smallest absolute Gasteiger partial charge is 0.369 e. The van der Waals surface area contributed by atoms with Crippen molar-refractivity contribution in [1.29, 1.82) is 0 Å². The number of aromatic amines is 1. The molecule has 3 heterocycles. The number of imidazole rings is 1. The molecule has 0 spiro atoms. The van der Waals surface area contributed by atoms with Gasteiger partial charge in [0.2, 0.25) is 5.95 Å². The number of anilines is 1. The summed E-state index contributed by atoms with van der Waals surface area (Å²) in [4.78, 5) is 22.3. The molecule has 1 fully saturated rings. The molecule has 0 aliphatic carbocycles. The number of nitrogens with zero attached hydrogens (tertiary/aromatic N) is 3. The number of hydrogen-bond donors (Lipinski definition) is 3. The molecule has 0 bridgehead atoms. The number of fused-ring (bicyclic) bond motifs is 1. The predicted molar refractivity (Wildman–Crippen MR) is 85.3 cm³/mol. The van der Waals surface area contributed by atoms with Gasteiger partial charge >= 0.3 is 6.80 Å². The number of nitrogens with one attached hydrogen (secondary N) is 1. The maximum absolute atomic E-state index is 11.8. The highest BCUT2D eigenvalue weighted by Gasteiger charge is 2.30. The van der Waals surface area contributed by atoms with Crippen LogP contribution in [-0.4, -0.2) is 39.3 Å². The molecule has 23 heavy (non-hydrogen) atoms. The molecular weight excluding hydrogens is 345 g/mol. The molecule has 1 aliphatic heterocycles. The Bertz CT molecular complexity index is 823. The van der Waals surface area contributed by atoms with Crippen LogP contribution in [0.15, 0.2) is 11.1 Å². The van der Waals surface area contributed by atoms with Gasteiger partial charge < -0.3 is 15.0 Å². The van der Waals surface area contributed by atoms with Gasteiger partial charge in [-0.25, -0.2) is 9.55 Å². The maximum atomic E-state index is 11.8. The summed E-state index contributed by atoms with van der Waals surface area (Å²) < 4.78 is 28.8. The minimum Gasteiger partial charge on any atom is -0.369 e. The summed E-state index contributed by atoms with van der Waals surface area (Å²) in [6.07, 6.45) is 2.20. The second-order valence-corrected chi connectivity index (χ2v) is 8.04. The van der Waals surface area contributed by atoms with E-state index in [1.54, 1.807) is 4.57 Å². The predicted octanol–water partition coefficient (Wildman–Crippen LogP) is 1.08. The molecule has 126 valence electrons. The van der Waals surface area contributed by atoms with Gasteiger partial charge in [-0.1, -0.05) is 12.2 Å². The van der Waals surface area contributed by atoms with Crippen LogP contribution in [0.1, 0.15) is 19.1 Å². The van der Waals surface area contributed by atoms with Crippen LogP contribution in [0, 0.1) is 0 Å². The van der Waals surface area contributed by atoms with Crippen molar-refractivity contribution in [2.75, 3.05) is 19.5 Å². The third kappa shape index (κ3) is 3.43. The fourth-order valence-corrected chi connectivity index (χ4v) is 3.06. The Morgan fingerprint density at radius 2 is 2.39 bits per heavy atom. The van der Waals surface area contributed by atoms with Crippen LogP contribution in [0.3, 0.4) is 0 Å². The van der Waals surface area contributed by atoms with Gasteiger partial charge in [-0.3, -0.25) is 18.9 Å². The number of thiol groups is 1. The summed E-state index contributed by atoms with van der Waals surface area (Å²) in [5.41, 5.74) is 5.72. The zero-order valence-electron chi connectivity index (χ0n) is 12.2. The van der Waals surface area contributed by atoms with Crippen molar-refractivity contribution < 1.29 is 18.3 Å². The highest BCUT2D eigenvalue weighted by atomic mass is 32.7. The van der Waals surface area contributed by atoms with Gasteiger partial charge in [-0.05, 0) is 12.8 Å². The summed E-state index contributed by atoms with van der Waals surface area (Å²) in [6.45, 7) is -3.25. The quantitative estimate of drug-likeness (QED) is 0.532. The summed E-state index contributed by atoms with van der Waals surface area (Å²) in [7, 11) is 1.26. The van der Waals surface area contributed by atoms with E-state index in [4.69, 9.17) is 15.0 Å². The summed E-state index contributed by atoms with van der Waals surface area (Å²) >= 11 is 3.79. The Kier molecular flexibility index (Phi) is 4.47. The maximum Gasteiger partial charge on any atom is 0.385 e. The normalized spacial score (nSPS) is 24.1. The van der Waals surface area contributed by atoms with E-state index in [0.717, 1.165) is 0 Å². The van der Waals surface area contributed by atoms with Crippen molar-refractivity contribution in [3.63, 3.8) is 0 Å². The Hall–Kier alpha value is -1.39. The van der Waals surface area contributed by atoms with E-state index < -0.39 is 12.4 Å². The van der Waals surface area contributed by atoms with E-state index in [9.17, 15) is 9.36 Å². The number of H-pyrrole nitrogens is 1. The van der Waals surface area contributed by atoms with Crippen LogP contribution in [0.2, 0.25) is 0 Å². The van der Waals surface area contributed by atoms with Gasteiger partial charge in [0, 0.05) is 7.11 Å². The number of aromatic nitrogens is 4. The fraction of sp³-hybridized carbons (Fsp3) is 0.545. The first-order valence-electron chi connectivity index (χ1n) is 6.80. The Labute approximate surface area is 136 Å². The van der Waals surface area contributed by atoms with Crippen LogP contribution in [-0.2, 0) is 18.3 Å². The number of ether oxygens (including phenoxy) is 1. The van der Waals surface area contributed by atoms with E-state index in [2.05, 4.69) is 31.7 Å². The van der Waals surface area contributed by atoms with E-state index in [1.165, 1.54) is 13.4 Å². The molecule has 0 radical (unpaired) electrons. The molecule has 0 aromatic carbocycles. The zero-order valence-corrected chi connectivity index (χ0v) is 14.0. The third-order valence-corrected chi connectivity index (χ3v) is 5.27. The molecule has 12 heteroatoms. The molecular formula is C11H16N5O5PS. The van der Waals surface area contributed by atoms with E-state index >= 15 is 0 Å². The number of nitrogen functional groups attached to an aromatic ring is 1. The zero-order chi connectivity index (χ0) is 16.6. The van der Waals surface area contributed by atoms with Gasteiger partial charge in [0.25, 0.3) is 5.56 Å². The number of hydrogen-bond acceptors (Lipinski definition) is 8. The van der Waals surface area contributed by atoms with Crippen LogP contribution in [0.25, 0.3) is 11.2 Å². The average Bonchev–Trinajstić information content (AvgIpc) is 3.11. The molecule has 3 rings (SSSR count). The molecule has 2 aromatic rings. The Morgan fingerprint density at radius 3 is 3.13 bits per heavy atom. The van der Waals surface area contributed by atoms with Gasteiger partial charge in [0.05, 0.1) is 19.0 Å². The third-order valence-electron chi connectivity index (χ3n) is 3.50. The summed E-state index contributed by atoms with van der Waals surface area (Å²) in [5.74, 6) is 0.0123. The largest absolute Gasteiger partial charge is 0.385 e.